The van der Waals surface area contributed by atoms with E-state index in [4.69, 9.17) is 0 Å². The fraction of sp³-hybridized carbons (Fsp3) is 0.217. The maximum atomic E-state index is 13.5. The highest BCUT2D eigenvalue weighted by Crippen LogP contribution is 2.36. The number of benzene rings is 2. The summed E-state index contributed by atoms with van der Waals surface area (Å²) in [5.41, 5.74) is 2.86. The number of anilines is 1. The van der Waals surface area contributed by atoms with E-state index in [0.717, 1.165) is 55.7 Å². The molecule has 3 heterocycles. The van der Waals surface area contributed by atoms with Crippen LogP contribution in [0.2, 0.25) is 0 Å². The Labute approximate surface area is 182 Å². The minimum Gasteiger partial charge on any atom is -0.307 e. The van der Waals surface area contributed by atoms with Gasteiger partial charge in [-0.1, -0.05) is 24.3 Å². The number of nitrogens with zero attached hydrogens (tertiary/aromatic N) is 3. The van der Waals surface area contributed by atoms with Crippen molar-refractivity contribution < 1.29 is 9.18 Å². The molecule has 2 aromatic carbocycles. The molecule has 0 N–H and O–H groups in total. The lowest BCUT2D eigenvalue weighted by molar-refractivity contribution is 0.0990. The molecule has 1 aliphatic heterocycles. The molecule has 0 saturated carbocycles. The summed E-state index contributed by atoms with van der Waals surface area (Å²) in [6, 6.07) is 16.5. The highest BCUT2D eigenvalue weighted by Gasteiger charge is 2.25. The second-order valence-corrected chi connectivity index (χ2v) is 9.49. The summed E-state index contributed by atoms with van der Waals surface area (Å²) in [5.74, 6) is 0.804. The number of thiophene rings is 1. The van der Waals surface area contributed by atoms with E-state index in [1.165, 1.54) is 23.5 Å². The molecule has 7 heteroatoms. The molecular formula is C23H20FN3OS2. The maximum absolute atomic E-state index is 13.5. The van der Waals surface area contributed by atoms with Crippen molar-refractivity contribution in [1.82, 2.24) is 9.78 Å². The molecule has 0 fully saturated rings. The number of hydrogen-bond acceptors (Lipinski definition) is 4. The Morgan fingerprint density at radius 1 is 1.17 bits per heavy atom. The minimum absolute atomic E-state index is 0.0406. The molecule has 152 valence electrons. The summed E-state index contributed by atoms with van der Waals surface area (Å²) in [5, 5.41) is 5.64. The zero-order valence-corrected chi connectivity index (χ0v) is 18.1. The maximum Gasteiger partial charge on any atom is 0.268 e. The molecule has 0 spiro atoms. The summed E-state index contributed by atoms with van der Waals surface area (Å²) in [6.45, 7) is 3.22. The highest BCUT2D eigenvalue weighted by atomic mass is 32.2. The van der Waals surface area contributed by atoms with Crippen LogP contribution in [0.4, 0.5) is 10.1 Å². The molecule has 1 aliphatic rings. The Morgan fingerprint density at radius 3 is 2.80 bits per heavy atom. The standard InChI is InChI=1S/C23H20FN3OS2/c1-15-18-13-21(22(28)26-11-4-12-29-20-6-3-2-5-19(20)26)30-23(18)27(25-15)14-16-7-9-17(24)10-8-16/h2-3,5-10,13H,4,11-12,14H2,1H3. The first-order valence-electron chi connectivity index (χ1n) is 9.85. The molecule has 0 aliphatic carbocycles. The summed E-state index contributed by atoms with van der Waals surface area (Å²) >= 11 is 3.29. The zero-order valence-electron chi connectivity index (χ0n) is 16.5. The van der Waals surface area contributed by atoms with Gasteiger partial charge >= 0.3 is 0 Å². The van der Waals surface area contributed by atoms with Crippen molar-refractivity contribution in [3.63, 3.8) is 0 Å². The topological polar surface area (TPSA) is 38.1 Å². The Morgan fingerprint density at radius 2 is 1.97 bits per heavy atom. The molecule has 2 aromatic heterocycles. The van der Waals surface area contributed by atoms with E-state index in [2.05, 4.69) is 11.2 Å². The molecule has 1 amide bonds. The predicted octanol–water partition coefficient (Wildman–Crippen LogP) is 5.74. The predicted molar refractivity (Wildman–Crippen MR) is 121 cm³/mol. The lowest BCUT2D eigenvalue weighted by Crippen LogP contribution is -2.31. The number of para-hydroxylation sites is 1. The molecule has 0 unspecified atom stereocenters. The van der Waals surface area contributed by atoms with Gasteiger partial charge in [-0.25, -0.2) is 4.39 Å². The van der Waals surface area contributed by atoms with Crippen LogP contribution in [0.15, 0.2) is 59.5 Å². The van der Waals surface area contributed by atoms with Gasteiger partial charge in [0.05, 0.1) is 22.8 Å². The smallest absolute Gasteiger partial charge is 0.268 e. The van der Waals surface area contributed by atoms with Crippen molar-refractivity contribution >= 4 is 44.9 Å². The van der Waals surface area contributed by atoms with Crippen molar-refractivity contribution in [3.05, 3.63) is 76.5 Å². The first-order valence-corrected chi connectivity index (χ1v) is 11.7. The number of thioether (sulfide) groups is 1. The fourth-order valence-corrected chi connectivity index (χ4v) is 5.86. The molecule has 0 saturated heterocycles. The first kappa shape index (κ1) is 19.3. The van der Waals surface area contributed by atoms with E-state index in [1.807, 2.05) is 52.5 Å². The number of rotatable bonds is 3. The first-order chi connectivity index (χ1) is 14.6. The lowest BCUT2D eigenvalue weighted by Gasteiger charge is -2.21. The van der Waals surface area contributed by atoms with Crippen LogP contribution in [0.5, 0.6) is 0 Å². The second kappa shape index (κ2) is 7.89. The van der Waals surface area contributed by atoms with Crippen molar-refractivity contribution in [2.75, 3.05) is 17.2 Å². The monoisotopic (exact) mass is 437 g/mol. The second-order valence-electron chi connectivity index (χ2n) is 7.33. The largest absolute Gasteiger partial charge is 0.307 e. The van der Waals surface area contributed by atoms with Gasteiger partial charge in [-0.2, -0.15) is 5.10 Å². The third kappa shape index (κ3) is 3.52. The molecule has 0 atom stereocenters. The lowest BCUT2D eigenvalue weighted by atomic mass is 10.2. The van der Waals surface area contributed by atoms with E-state index in [9.17, 15) is 9.18 Å². The van der Waals surface area contributed by atoms with E-state index in [1.54, 1.807) is 12.1 Å². The Balaban J connectivity index is 1.49. The summed E-state index contributed by atoms with van der Waals surface area (Å²) in [6.07, 6.45) is 0.966. The van der Waals surface area contributed by atoms with Crippen LogP contribution in [0.25, 0.3) is 10.2 Å². The van der Waals surface area contributed by atoms with E-state index in [-0.39, 0.29) is 11.7 Å². The SMILES string of the molecule is Cc1nn(Cc2ccc(F)cc2)c2sc(C(=O)N3CCCSc4ccccc43)cc12. The molecule has 30 heavy (non-hydrogen) atoms. The Bertz CT molecular complexity index is 1230. The number of aryl methyl sites for hydroxylation is 1. The zero-order chi connectivity index (χ0) is 20.7. The van der Waals surface area contributed by atoms with Crippen molar-refractivity contribution in [2.24, 2.45) is 0 Å². The van der Waals surface area contributed by atoms with E-state index < -0.39 is 0 Å². The van der Waals surface area contributed by atoms with Gasteiger partial charge in [-0.05, 0) is 55.0 Å². The molecule has 4 aromatic rings. The van der Waals surface area contributed by atoms with Gasteiger partial charge < -0.3 is 4.90 Å². The average Bonchev–Trinajstić information content (AvgIpc) is 3.23. The van der Waals surface area contributed by atoms with Gasteiger partial charge in [0.15, 0.2) is 0 Å². The molecular weight excluding hydrogens is 417 g/mol. The van der Waals surface area contributed by atoms with Gasteiger partial charge in [0.25, 0.3) is 5.91 Å². The van der Waals surface area contributed by atoms with Crippen LogP contribution in [-0.4, -0.2) is 28.0 Å². The third-order valence-electron chi connectivity index (χ3n) is 5.25. The van der Waals surface area contributed by atoms with Crippen molar-refractivity contribution in [3.8, 4) is 0 Å². The quantitative estimate of drug-likeness (QED) is 0.410. The Kier molecular flexibility index (Phi) is 5.08. The van der Waals surface area contributed by atoms with Crippen LogP contribution in [0, 0.1) is 12.7 Å². The number of carbonyl (C=O) groups excluding carboxylic acids is 1. The summed E-state index contributed by atoms with van der Waals surface area (Å²) < 4.78 is 15.1. The number of fused-ring (bicyclic) bond motifs is 2. The number of carbonyl (C=O) groups is 1. The molecule has 5 rings (SSSR count). The fourth-order valence-electron chi connectivity index (χ4n) is 3.76. The van der Waals surface area contributed by atoms with Crippen LogP contribution >= 0.6 is 23.1 Å². The van der Waals surface area contributed by atoms with Gasteiger partial charge in [0.1, 0.15) is 10.6 Å². The van der Waals surface area contributed by atoms with Crippen molar-refractivity contribution in [2.45, 2.75) is 24.8 Å². The summed E-state index contributed by atoms with van der Waals surface area (Å²) in [7, 11) is 0. The van der Waals surface area contributed by atoms with Gasteiger partial charge in [-0.15, -0.1) is 23.1 Å². The van der Waals surface area contributed by atoms with Crippen LogP contribution in [0.3, 0.4) is 0 Å². The number of halogens is 1. The normalized spacial score (nSPS) is 14.0. The van der Waals surface area contributed by atoms with E-state index in [0.29, 0.717) is 6.54 Å². The number of amides is 1. The molecule has 4 nitrogen and oxygen atoms in total. The Hall–Kier alpha value is -2.64. The average molecular weight is 438 g/mol. The van der Waals surface area contributed by atoms with Gasteiger partial charge in [0.2, 0.25) is 0 Å². The van der Waals surface area contributed by atoms with Crippen molar-refractivity contribution in [1.29, 1.82) is 0 Å². The summed E-state index contributed by atoms with van der Waals surface area (Å²) in [4.78, 5) is 18.2. The van der Waals surface area contributed by atoms with Gasteiger partial charge in [-0.3, -0.25) is 9.48 Å². The number of aromatic nitrogens is 2. The molecule has 0 bridgehead atoms. The minimum atomic E-state index is -0.250. The highest BCUT2D eigenvalue weighted by molar-refractivity contribution is 7.99. The van der Waals surface area contributed by atoms with Crippen LogP contribution < -0.4 is 4.90 Å². The third-order valence-corrected chi connectivity index (χ3v) is 7.53. The van der Waals surface area contributed by atoms with Gasteiger partial charge in [0, 0.05) is 16.8 Å². The number of hydrogen-bond donors (Lipinski definition) is 0. The van der Waals surface area contributed by atoms with E-state index >= 15 is 0 Å². The molecule has 0 radical (unpaired) electrons. The van der Waals surface area contributed by atoms with Crippen LogP contribution in [0.1, 0.15) is 27.3 Å². The van der Waals surface area contributed by atoms with Crippen LogP contribution in [-0.2, 0) is 6.54 Å².